The Morgan fingerprint density at radius 1 is 1.14 bits per heavy atom. The van der Waals surface area contributed by atoms with Crippen molar-refractivity contribution < 1.29 is 14.3 Å². The van der Waals surface area contributed by atoms with Gasteiger partial charge in [-0.05, 0) is 47.5 Å². The molecule has 0 radical (unpaired) electrons. The smallest absolute Gasteiger partial charge is 0.254 e. The summed E-state index contributed by atoms with van der Waals surface area (Å²) in [6.45, 7) is -0.212. The number of carbonyl (C=O) groups is 1. The second-order valence-electron chi connectivity index (χ2n) is 6.17. The highest BCUT2D eigenvalue weighted by molar-refractivity contribution is 6.35. The molecule has 3 rings (SSSR count). The largest absolute Gasteiger partial charge is 0.394 e. The Morgan fingerprint density at radius 2 is 1.96 bits per heavy atom. The van der Waals surface area contributed by atoms with E-state index in [1.165, 1.54) is 23.1 Å². The maximum atomic E-state index is 13.7. The number of pyridine rings is 1. The van der Waals surface area contributed by atoms with Crippen molar-refractivity contribution in [1.82, 2.24) is 9.88 Å². The maximum Gasteiger partial charge on any atom is 0.254 e. The number of aromatic nitrogens is 1. The molecule has 1 amide bonds. The first kappa shape index (κ1) is 20.3. The predicted molar refractivity (Wildman–Crippen MR) is 107 cm³/mol. The fourth-order valence-corrected chi connectivity index (χ4v) is 3.47. The molecule has 1 aromatic heterocycles. The van der Waals surface area contributed by atoms with E-state index in [1.807, 2.05) is 6.07 Å². The van der Waals surface area contributed by atoms with Crippen molar-refractivity contribution in [3.63, 3.8) is 0 Å². The van der Waals surface area contributed by atoms with Crippen LogP contribution in [0.1, 0.15) is 27.5 Å². The lowest BCUT2D eigenvalue weighted by molar-refractivity contribution is 0.0567. The molecular weight excluding hydrogens is 402 g/mol. The van der Waals surface area contributed by atoms with Crippen LogP contribution in [0.15, 0.2) is 67.0 Å². The molecule has 4 nitrogen and oxygen atoms in total. The highest BCUT2D eigenvalue weighted by Crippen LogP contribution is 2.32. The van der Waals surface area contributed by atoms with Crippen molar-refractivity contribution in [2.75, 3.05) is 6.61 Å². The molecular formula is C21H17Cl2FN2O2. The van der Waals surface area contributed by atoms with Crippen LogP contribution in [0.25, 0.3) is 0 Å². The van der Waals surface area contributed by atoms with Gasteiger partial charge in [-0.15, -0.1) is 0 Å². The number of aliphatic hydroxyl groups is 1. The van der Waals surface area contributed by atoms with E-state index in [9.17, 15) is 14.3 Å². The molecule has 0 aliphatic heterocycles. The maximum absolute atomic E-state index is 13.7. The lowest BCUT2D eigenvalue weighted by Gasteiger charge is -2.32. The molecule has 0 spiro atoms. The van der Waals surface area contributed by atoms with E-state index in [1.54, 1.807) is 36.7 Å². The average Bonchev–Trinajstić information content (AvgIpc) is 2.69. The first-order valence-electron chi connectivity index (χ1n) is 8.51. The van der Waals surface area contributed by atoms with Gasteiger partial charge in [0.05, 0.1) is 12.6 Å². The van der Waals surface area contributed by atoms with E-state index < -0.39 is 17.8 Å². The molecule has 1 atom stereocenters. The molecule has 7 heteroatoms. The Bertz CT molecular complexity index is 970. The number of hydrogen-bond acceptors (Lipinski definition) is 3. The summed E-state index contributed by atoms with van der Waals surface area (Å²) in [5.41, 5.74) is 1.48. The molecule has 0 aliphatic carbocycles. The van der Waals surface area contributed by atoms with Crippen LogP contribution >= 0.6 is 23.2 Å². The molecule has 0 saturated heterocycles. The summed E-state index contributed by atoms with van der Waals surface area (Å²) in [6, 6.07) is 13.1. The van der Waals surface area contributed by atoms with Gasteiger partial charge in [0, 0.05) is 34.5 Å². The number of benzene rings is 2. The van der Waals surface area contributed by atoms with E-state index in [4.69, 9.17) is 23.2 Å². The van der Waals surface area contributed by atoms with Gasteiger partial charge in [0.1, 0.15) is 5.82 Å². The number of carbonyl (C=O) groups excluding carboxylic acids is 1. The zero-order chi connectivity index (χ0) is 20.1. The number of nitrogens with zero attached hydrogens (tertiary/aromatic N) is 2. The number of halogens is 3. The summed E-state index contributed by atoms with van der Waals surface area (Å²) < 4.78 is 13.7. The van der Waals surface area contributed by atoms with Gasteiger partial charge in [0.25, 0.3) is 5.91 Å². The SMILES string of the molecule is O=C(c1cccc(F)c1)N(Cc1cccnc1)[C@@H](CO)c1ccc(Cl)cc1Cl. The third-order valence-corrected chi connectivity index (χ3v) is 4.84. The third kappa shape index (κ3) is 4.68. The second kappa shape index (κ2) is 9.15. The van der Waals surface area contributed by atoms with Crippen LogP contribution < -0.4 is 0 Å². The van der Waals surface area contributed by atoms with Gasteiger partial charge < -0.3 is 10.0 Å². The summed E-state index contributed by atoms with van der Waals surface area (Å²) >= 11 is 12.3. The Hall–Kier alpha value is -2.47. The molecule has 0 saturated carbocycles. The highest BCUT2D eigenvalue weighted by atomic mass is 35.5. The molecule has 28 heavy (non-hydrogen) atoms. The van der Waals surface area contributed by atoms with Crippen LogP contribution in [-0.4, -0.2) is 27.5 Å². The summed E-state index contributed by atoms with van der Waals surface area (Å²) in [6.07, 6.45) is 3.26. The van der Waals surface area contributed by atoms with Gasteiger partial charge in [-0.2, -0.15) is 0 Å². The van der Waals surface area contributed by atoms with Crippen molar-refractivity contribution in [3.8, 4) is 0 Å². The van der Waals surface area contributed by atoms with E-state index >= 15 is 0 Å². The summed E-state index contributed by atoms with van der Waals surface area (Å²) in [4.78, 5) is 18.7. The summed E-state index contributed by atoms with van der Waals surface area (Å²) in [7, 11) is 0. The van der Waals surface area contributed by atoms with Gasteiger partial charge in [-0.1, -0.05) is 41.4 Å². The average molecular weight is 419 g/mol. The zero-order valence-corrected chi connectivity index (χ0v) is 16.2. The Kier molecular flexibility index (Phi) is 6.62. The molecule has 1 N–H and O–H groups in total. The Balaban J connectivity index is 2.04. The fraction of sp³-hybridized carbons (Fsp3) is 0.143. The number of rotatable bonds is 6. The van der Waals surface area contributed by atoms with Gasteiger partial charge in [0.15, 0.2) is 0 Å². The normalized spacial score (nSPS) is 11.9. The minimum atomic E-state index is -0.749. The summed E-state index contributed by atoms with van der Waals surface area (Å²) in [5.74, 6) is -0.953. The minimum absolute atomic E-state index is 0.160. The Labute approximate surface area is 172 Å². The van der Waals surface area contributed by atoms with Crippen LogP contribution in [0, 0.1) is 5.82 Å². The van der Waals surface area contributed by atoms with Crippen molar-refractivity contribution >= 4 is 29.1 Å². The van der Waals surface area contributed by atoms with Crippen LogP contribution in [0.5, 0.6) is 0 Å². The predicted octanol–water partition coefficient (Wildman–Crippen LogP) is 4.90. The standard InChI is InChI=1S/C21H17Cl2FN2O2/c22-16-6-7-18(19(23)10-16)20(13-27)26(12-14-3-2-8-25-11-14)21(28)15-4-1-5-17(24)9-15/h1-11,20,27H,12-13H2/t20-/m0/s1. The van der Waals surface area contributed by atoms with Crippen molar-refractivity contribution in [1.29, 1.82) is 0 Å². The van der Waals surface area contributed by atoms with E-state index in [0.717, 1.165) is 11.6 Å². The van der Waals surface area contributed by atoms with Crippen LogP contribution in [0.3, 0.4) is 0 Å². The first-order chi connectivity index (χ1) is 13.5. The molecule has 2 aromatic carbocycles. The second-order valence-corrected chi connectivity index (χ2v) is 7.01. The molecule has 0 aliphatic rings. The monoisotopic (exact) mass is 418 g/mol. The lowest BCUT2D eigenvalue weighted by atomic mass is 10.0. The lowest BCUT2D eigenvalue weighted by Crippen LogP contribution is -2.36. The zero-order valence-electron chi connectivity index (χ0n) is 14.7. The molecule has 0 unspecified atom stereocenters. The third-order valence-electron chi connectivity index (χ3n) is 4.28. The summed E-state index contributed by atoms with van der Waals surface area (Å²) in [5, 5.41) is 10.9. The van der Waals surface area contributed by atoms with Crippen molar-refractivity contribution in [3.05, 3.63) is 99.5 Å². The van der Waals surface area contributed by atoms with Crippen molar-refractivity contribution in [2.24, 2.45) is 0 Å². The van der Waals surface area contributed by atoms with E-state index in [0.29, 0.717) is 15.6 Å². The Morgan fingerprint density at radius 3 is 2.61 bits per heavy atom. The van der Waals surface area contributed by atoms with Gasteiger partial charge in [0.2, 0.25) is 0 Å². The number of aliphatic hydroxyl groups excluding tert-OH is 1. The fourth-order valence-electron chi connectivity index (χ4n) is 2.94. The molecule has 0 bridgehead atoms. The molecule has 0 fully saturated rings. The van der Waals surface area contributed by atoms with Crippen LogP contribution in [0.4, 0.5) is 4.39 Å². The number of hydrogen-bond donors (Lipinski definition) is 1. The quantitative estimate of drug-likeness (QED) is 0.618. The van der Waals surface area contributed by atoms with Crippen molar-refractivity contribution in [2.45, 2.75) is 12.6 Å². The molecule has 144 valence electrons. The minimum Gasteiger partial charge on any atom is -0.394 e. The number of amides is 1. The first-order valence-corrected chi connectivity index (χ1v) is 9.26. The molecule has 3 aromatic rings. The van der Waals surface area contributed by atoms with Crippen LogP contribution in [0.2, 0.25) is 10.0 Å². The van der Waals surface area contributed by atoms with E-state index in [-0.39, 0.29) is 18.7 Å². The van der Waals surface area contributed by atoms with Gasteiger partial charge in [-0.25, -0.2) is 4.39 Å². The van der Waals surface area contributed by atoms with Gasteiger partial charge >= 0.3 is 0 Å². The van der Waals surface area contributed by atoms with Gasteiger partial charge in [-0.3, -0.25) is 9.78 Å². The molecule has 1 heterocycles. The topological polar surface area (TPSA) is 53.4 Å². The van der Waals surface area contributed by atoms with E-state index in [2.05, 4.69) is 4.98 Å². The van der Waals surface area contributed by atoms with Crippen LogP contribution in [-0.2, 0) is 6.54 Å². The highest BCUT2D eigenvalue weighted by Gasteiger charge is 2.28.